The lowest BCUT2D eigenvalue weighted by atomic mass is 10.2. The minimum atomic E-state index is 0.870. The van der Waals surface area contributed by atoms with E-state index in [1.54, 1.807) is 22.7 Å². The van der Waals surface area contributed by atoms with Crippen LogP contribution in [0.3, 0.4) is 0 Å². The molecule has 0 atom stereocenters. The zero-order valence-electron chi connectivity index (χ0n) is 15.6. The summed E-state index contributed by atoms with van der Waals surface area (Å²) in [5.41, 5.74) is 4.59. The van der Waals surface area contributed by atoms with E-state index in [-0.39, 0.29) is 0 Å². The molecule has 0 spiro atoms. The van der Waals surface area contributed by atoms with Crippen LogP contribution in [0.25, 0.3) is 20.1 Å². The number of nitrogens with zero attached hydrogens (tertiary/aromatic N) is 4. The highest BCUT2D eigenvalue weighted by Crippen LogP contribution is 2.39. The molecule has 2 aromatic carbocycles. The van der Waals surface area contributed by atoms with Gasteiger partial charge in [0, 0.05) is 24.3 Å². The fourth-order valence-corrected chi connectivity index (χ4v) is 5.44. The van der Waals surface area contributed by atoms with Crippen LogP contribution in [0.1, 0.15) is 18.4 Å². The Morgan fingerprint density at radius 3 is 2.36 bits per heavy atom. The normalized spacial score (nSPS) is 14.5. The van der Waals surface area contributed by atoms with Gasteiger partial charge >= 0.3 is 0 Å². The number of rotatable bonds is 4. The maximum Gasteiger partial charge on any atom is 0.142 e. The van der Waals surface area contributed by atoms with E-state index >= 15 is 0 Å². The molecule has 3 heterocycles. The second-order valence-corrected chi connectivity index (χ2v) is 9.09. The van der Waals surface area contributed by atoms with Crippen molar-refractivity contribution in [1.82, 2.24) is 4.98 Å². The molecular weight excluding hydrogens is 384 g/mol. The summed E-state index contributed by atoms with van der Waals surface area (Å²) in [6, 6.07) is 19.0. The van der Waals surface area contributed by atoms with Crippen molar-refractivity contribution < 1.29 is 0 Å². The summed E-state index contributed by atoms with van der Waals surface area (Å²) in [7, 11) is 0. The second kappa shape index (κ2) is 7.45. The van der Waals surface area contributed by atoms with Crippen LogP contribution in [0.2, 0.25) is 0 Å². The molecule has 2 aromatic heterocycles. The average molecular weight is 405 g/mol. The summed E-state index contributed by atoms with van der Waals surface area (Å²) >= 11 is 3.31. The summed E-state index contributed by atoms with van der Waals surface area (Å²) in [5.74, 6) is 0. The number of benzene rings is 2. The molecule has 0 radical (unpaired) electrons. The highest BCUT2D eigenvalue weighted by Gasteiger charge is 2.14. The van der Waals surface area contributed by atoms with Gasteiger partial charge in [0.2, 0.25) is 0 Å². The van der Waals surface area contributed by atoms with Crippen molar-refractivity contribution in [2.45, 2.75) is 19.8 Å². The maximum absolute atomic E-state index is 4.82. The third kappa shape index (κ3) is 3.57. The first-order valence-electron chi connectivity index (χ1n) is 9.49. The molecule has 0 unspecified atom stereocenters. The number of thiophene rings is 1. The molecule has 1 aliphatic rings. The molecule has 0 saturated carbocycles. The van der Waals surface area contributed by atoms with Crippen molar-refractivity contribution in [3.8, 4) is 10.6 Å². The van der Waals surface area contributed by atoms with Crippen molar-refractivity contribution in [1.29, 1.82) is 0 Å². The van der Waals surface area contributed by atoms with Gasteiger partial charge in [0.15, 0.2) is 0 Å². The van der Waals surface area contributed by atoms with Crippen LogP contribution in [-0.2, 0) is 0 Å². The van der Waals surface area contributed by atoms with Crippen LogP contribution in [0.5, 0.6) is 0 Å². The van der Waals surface area contributed by atoms with Gasteiger partial charge in [-0.25, -0.2) is 4.98 Å². The van der Waals surface area contributed by atoms with Gasteiger partial charge < -0.3 is 4.90 Å². The number of aryl methyl sites for hydroxylation is 1. The lowest BCUT2D eigenvalue weighted by Gasteiger charge is -2.17. The van der Waals surface area contributed by atoms with Gasteiger partial charge in [-0.1, -0.05) is 29.0 Å². The molecule has 0 N–H and O–H groups in total. The van der Waals surface area contributed by atoms with Gasteiger partial charge in [-0.3, -0.25) is 0 Å². The number of hydrogen-bond donors (Lipinski definition) is 0. The summed E-state index contributed by atoms with van der Waals surface area (Å²) in [4.78, 5) is 8.30. The predicted molar refractivity (Wildman–Crippen MR) is 120 cm³/mol. The summed E-state index contributed by atoms with van der Waals surface area (Å²) in [5, 5.41) is 10.7. The molecule has 1 fully saturated rings. The van der Waals surface area contributed by atoms with E-state index in [9.17, 15) is 0 Å². The van der Waals surface area contributed by atoms with Gasteiger partial charge in [0.1, 0.15) is 14.8 Å². The maximum atomic E-state index is 4.82. The standard InChI is InChI=1S/C22H20N4S2/c1-15-4-8-17(9-5-15)24-25-20-14-19-22(28-20)23-21(27-19)16-6-10-18(11-7-16)26-12-2-3-13-26/h4-11,14H,2-3,12-13H2,1H3. The van der Waals surface area contributed by atoms with Crippen molar-refractivity contribution in [2.24, 2.45) is 10.2 Å². The smallest absolute Gasteiger partial charge is 0.142 e. The molecule has 1 aliphatic heterocycles. The number of anilines is 1. The first kappa shape index (κ1) is 17.5. The first-order valence-corrected chi connectivity index (χ1v) is 11.1. The van der Waals surface area contributed by atoms with E-state index in [2.05, 4.69) is 52.4 Å². The van der Waals surface area contributed by atoms with Gasteiger partial charge in [-0.2, -0.15) is 0 Å². The van der Waals surface area contributed by atoms with E-state index in [0.29, 0.717) is 0 Å². The summed E-state index contributed by atoms with van der Waals surface area (Å²) < 4.78 is 1.17. The van der Waals surface area contributed by atoms with Crippen molar-refractivity contribution >= 4 is 48.6 Å². The Morgan fingerprint density at radius 1 is 0.893 bits per heavy atom. The molecule has 0 bridgehead atoms. The summed E-state index contributed by atoms with van der Waals surface area (Å²) in [6.45, 7) is 4.41. The van der Waals surface area contributed by atoms with E-state index in [1.165, 1.54) is 47.4 Å². The van der Waals surface area contributed by atoms with Crippen LogP contribution >= 0.6 is 22.7 Å². The Kier molecular flexibility index (Phi) is 4.66. The van der Waals surface area contributed by atoms with Crippen LogP contribution in [0.15, 0.2) is 64.8 Å². The number of fused-ring (bicyclic) bond motifs is 1. The Bertz CT molecular complexity index is 1090. The Hall–Kier alpha value is -2.57. The molecular formula is C22H20N4S2. The van der Waals surface area contributed by atoms with E-state index in [4.69, 9.17) is 4.98 Å². The van der Waals surface area contributed by atoms with Crippen molar-refractivity contribution in [2.75, 3.05) is 18.0 Å². The molecule has 6 heteroatoms. The predicted octanol–water partition coefficient (Wildman–Crippen LogP) is 7.35. The minimum Gasteiger partial charge on any atom is -0.372 e. The second-order valence-electron chi connectivity index (χ2n) is 7.05. The monoisotopic (exact) mass is 404 g/mol. The lowest BCUT2D eigenvalue weighted by molar-refractivity contribution is 0.949. The third-order valence-corrected chi connectivity index (χ3v) is 7.05. The third-order valence-electron chi connectivity index (χ3n) is 4.96. The first-order chi connectivity index (χ1) is 13.7. The SMILES string of the molecule is Cc1ccc(N=Nc2cc3sc(-c4ccc(N5CCCC5)cc4)nc3s2)cc1. The van der Waals surface area contributed by atoms with E-state index in [1.807, 2.05) is 24.3 Å². The van der Waals surface area contributed by atoms with E-state index in [0.717, 1.165) is 20.5 Å². The fraction of sp³-hybridized carbons (Fsp3) is 0.227. The Balaban J connectivity index is 1.34. The molecule has 4 aromatic rings. The zero-order chi connectivity index (χ0) is 18.9. The lowest BCUT2D eigenvalue weighted by Crippen LogP contribution is -2.17. The van der Waals surface area contributed by atoms with Gasteiger partial charge in [-0.05, 0) is 62.2 Å². The van der Waals surface area contributed by atoms with Crippen molar-refractivity contribution in [3.63, 3.8) is 0 Å². The quantitative estimate of drug-likeness (QED) is 0.334. The number of azo groups is 1. The number of hydrogen-bond acceptors (Lipinski definition) is 6. The fourth-order valence-electron chi connectivity index (χ4n) is 3.40. The van der Waals surface area contributed by atoms with Crippen molar-refractivity contribution in [3.05, 3.63) is 60.2 Å². The van der Waals surface area contributed by atoms with Crippen LogP contribution < -0.4 is 4.90 Å². The van der Waals surface area contributed by atoms with Gasteiger partial charge in [-0.15, -0.1) is 21.6 Å². The molecule has 1 saturated heterocycles. The molecule has 140 valence electrons. The minimum absolute atomic E-state index is 0.870. The molecule has 28 heavy (non-hydrogen) atoms. The van der Waals surface area contributed by atoms with Gasteiger partial charge in [0.05, 0.1) is 10.4 Å². The highest BCUT2D eigenvalue weighted by molar-refractivity contribution is 7.30. The highest BCUT2D eigenvalue weighted by atomic mass is 32.1. The summed E-state index contributed by atoms with van der Waals surface area (Å²) in [6.07, 6.45) is 2.60. The Labute approximate surface area is 172 Å². The molecule has 0 amide bonds. The molecule has 4 nitrogen and oxygen atoms in total. The molecule has 0 aliphatic carbocycles. The van der Waals surface area contributed by atoms with Crippen LogP contribution in [0, 0.1) is 6.92 Å². The molecule has 5 rings (SSSR count). The van der Waals surface area contributed by atoms with E-state index < -0.39 is 0 Å². The van der Waals surface area contributed by atoms with Crippen LogP contribution in [-0.4, -0.2) is 18.1 Å². The average Bonchev–Trinajstić information content (AvgIpc) is 3.44. The number of aromatic nitrogens is 1. The van der Waals surface area contributed by atoms with Crippen LogP contribution in [0.4, 0.5) is 16.4 Å². The Morgan fingerprint density at radius 2 is 1.64 bits per heavy atom. The zero-order valence-corrected chi connectivity index (χ0v) is 17.3. The number of thiazole rings is 1. The largest absolute Gasteiger partial charge is 0.372 e. The topological polar surface area (TPSA) is 40.9 Å². The van der Waals surface area contributed by atoms with Gasteiger partial charge in [0.25, 0.3) is 0 Å².